The summed E-state index contributed by atoms with van der Waals surface area (Å²) in [6.07, 6.45) is 1.56. The zero-order chi connectivity index (χ0) is 9.26. The molecule has 0 saturated carbocycles. The summed E-state index contributed by atoms with van der Waals surface area (Å²) in [6.45, 7) is 0. The summed E-state index contributed by atoms with van der Waals surface area (Å²) >= 11 is 1.20. The second-order valence-electron chi connectivity index (χ2n) is 2.48. The number of furan rings is 1. The molecule has 13 heavy (non-hydrogen) atoms. The molecule has 0 aliphatic carbocycles. The fraction of sp³-hybridized carbons (Fsp3) is 0. The van der Waals surface area contributed by atoms with E-state index in [4.69, 9.17) is 9.52 Å². The van der Waals surface area contributed by atoms with Gasteiger partial charge in [-0.25, -0.2) is 4.79 Å². The molecule has 0 aliphatic rings. The minimum Gasteiger partial charge on any atom is -0.477 e. The number of carboxylic acid groups (broad SMARTS) is 1. The Morgan fingerprint density at radius 2 is 2.38 bits per heavy atom. The van der Waals surface area contributed by atoms with Crippen molar-refractivity contribution in [2.75, 3.05) is 0 Å². The molecule has 2 aromatic heterocycles. The Hall–Kier alpha value is -1.55. The van der Waals surface area contributed by atoms with Crippen LogP contribution in [-0.4, -0.2) is 11.1 Å². The maximum Gasteiger partial charge on any atom is 0.345 e. The number of carbonyl (C=O) groups is 1. The van der Waals surface area contributed by atoms with E-state index in [1.54, 1.807) is 29.8 Å². The molecule has 66 valence electrons. The second-order valence-corrected chi connectivity index (χ2v) is 3.39. The van der Waals surface area contributed by atoms with E-state index in [0.717, 1.165) is 5.56 Å². The molecule has 3 nitrogen and oxygen atoms in total. The molecule has 0 spiro atoms. The minimum atomic E-state index is -0.900. The van der Waals surface area contributed by atoms with Crippen LogP contribution >= 0.6 is 11.3 Å². The molecule has 0 atom stereocenters. The van der Waals surface area contributed by atoms with Crippen molar-refractivity contribution in [2.24, 2.45) is 0 Å². The first-order valence-electron chi connectivity index (χ1n) is 3.63. The van der Waals surface area contributed by atoms with Gasteiger partial charge in [0, 0.05) is 10.9 Å². The maximum atomic E-state index is 10.6. The smallest absolute Gasteiger partial charge is 0.345 e. The van der Waals surface area contributed by atoms with Crippen molar-refractivity contribution >= 4 is 17.3 Å². The molecule has 0 unspecified atom stereocenters. The Morgan fingerprint density at radius 3 is 2.92 bits per heavy atom. The highest BCUT2D eigenvalue weighted by molar-refractivity contribution is 7.12. The first kappa shape index (κ1) is 8.07. The van der Waals surface area contributed by atoms with E-state index in [9.17, 15) is 4.79 Å². The van der Waals surface area contributed by atoms with Gasteiger partial charge in [-0.3, -0.25) is 0 Å². The van der Waals surface area contributed by atoms with Gasteiger partial charge in [0.2, 0.25) is 0 Å². The Balaban J connectivity index is 2.39. The van der Waals surface area contributed by atoms with Gasteiger partial charge in [0.15, 0.2) is 0 Å². The molecule has 0 bridgehead atoms. The highest BCUT2D eigenvalue weighted by Gasteiger charge is 2.08. The molecule has 4 heteroatoms. The van der Waals surface area contributed by atoms with Crippen molar-refractivity contribution < 1.29 is 14.3 Å². The van der Waals surface area contributed by atoms with Crippen LogP contribution in [0.2, 0.25) is 0 Å². The highest BCUT2D eigenvalue weighted by atomic mass is 32.1. The maximum absolute atomic E-state index is 10.6. The summed E-state index contributed by atoms with van der Waals surface area (Å²) in [5.74, 6) is -0.202. The third-order valence-corrected chi connectivity index (χ3v) is 2.53. The van der Waals surface area contributed by atoms with Crippen LogP contribution in [0.1, 0.15) is 9.67 Å². The van der Waals surface area contributed by atoms with E-state index in [-0.39, 0.29) is 0 Å². The van der Waals surface area contributed by atoms with Gasteiger partial charge in [-0.1, -0.05) is 0 Å². The average Bonchev–Trinajstić information content (AvgIpc) is 2.75. The quantitative estimate of drug-likeness (QED) is 0.799. The van der Waals surface area contributed by atoms with Crippen molar-refractivity contribution in [3.8, 4) is 11.3 Å². The predicted octanol–water partition coefficient (Wildman–Crippen LogP) is 2.71. The van der Waals surface area contributed by atoms with Crippen molar-refractivity contribution in [1.29, 1.82) is 0 Å². The molecular formula is C9H6O3S. The lowest BCUT2D eigenvalue weighted by atomic mass is 10.2. The van der Waals surface area contributed by atoms with Crippen LogP contribution in [0.25, 0.3) is 11.3 Å². The van der Waals surface area contributed by atoms with Crippen LogP contribution < -0.4 is 0 Å². The molecule has 2 aromatic rings. The van der Waals surface area contributed by atoms with Crippen molar-refractivity contribution in [3.63, 3.8) is 0 Å². The topological polar surface area (TPSA) is 50.4 Å². The second kappa shape index (κ2) is 3.06. The van der Waals surface area contributed by atoms with E-state index in [1.807, 2.05) is 0 Å². The predicted molar refractivity (Wildman–Crippen MR) is 49.0 cm³/mol. The number of aromatic carboxylic acids is 1. The number of hydrogen-bond acceptors (Lipinski definition) is 3. The molecule has 2 heterocycles. The Labute approximate surface area is 78.2 Å². The SMILES string of the molecule is O=C(O)c1cc(-c2ccco2)cs1. The number of rotatable bonds is 2. The van der Waals surface area contributed by atoms with Gasteiger partial charge in [0.05, 0.1) is 6.26 Å². The van der Waals surface area contributed by atoms with Crippen LogP contribution in [-0.2, 0) is 0 Å². The van der Waals surface area contributed by atoms with Crippen LogP contribution in [0.3, 0.4) is 0 Å². The molecule has 0 aliphatic heterocycles. The van der Waals surface area contributed by atoms with Gasteiger partial charge in [-0.15, -0.1) is 11.3 Å². The first-order chi connectivity index (χ1) is 6.27. The normalized spacial score (nSPS) is 10.2. The molecular weight excluding hydrogens is 188 g/mol. The average molecular weight is 194 g/mol. The van der Waals surface area contributed by atoms with Crippen molar-refractivity contribution in [3.05, 3.63) is 34.7 Å². The number of carboxylic acids is 1. The summed E-state index contributed by atoms with van der Waals surface area (Å²) < 4.78 is 5.13. The van der Waals surface area contributed by atoms with Crippen LogP contribution in [0, 0.1) is 0 Å². The number of thiophene rings is 1. The number of hydrogen-bond donors (Lipinski definition) is 1. The van der Waals surface area contributed by atoms with Crippen LogP contribution in [0.4, 0.5) is 0 Å². The minimum absolute atomic E-state index is 0.325. The van der Waals surface area contributed by atoms with E-state index < -0.39 is 5.97 Å². The summed E-state index contributed by atoms with van der Waals surface area (Å²) in [7, 11) is 0. The molecule has 1 N–H and O–H groups in total. The third-order valence-electron chi connectivity index (χ3n) is 1.62. The Kier molecular flexibility index (Phi) is 1.90. The Bertz CT molecular complexity index is 414. The van der Waals surface area contributed by atoms with Gasteiger partial charge in [0.25, 0.3) is 0 Å². The lowest BCUT2D eigenvalue weighted by Crippen LogP contribution is -1.89. The van der Waals surface area contributed by atoms with Gasteiger partial charge in [-0.05, 0) is 18.2 Å². The van der Waals surface area contributed by atoms with Gasteiger partial charge >= 0.3 is 5.97 Å². The summed E-state index contributed by atoms with van der Waals surface area (Å²) in [6, 6.07) is 5.17. The molecule has 0 aromatic carbocycles. The summed E-state index contributed by atoms with van der Waals surface area (Å²) in [5.41, 5.74) is 0.812. The van der Waals surface area contributed by atoms with E-state index in [0.29, 0.717) is 10.6 Å². The summed E-state index contributed by atoms with van der Waals surface area (Å²) in [5, 5.41) is 10.4. The fourth-order valence-corrected chi connectivity index (χ4v) is 1.75. The third kappa shape index (κ3) is 1.48. The lowest BCUT2D eigenvalue weighted by Gasteiger charge is -1.86. The standard InChI is InChI=1S/C9H6O3S/c10-9(11)8-4-6(5-13-8)7-2-1-3-12-7/h1-5H,(H,10,11). The van der Waals surface area contributed by atoms with Gasteiger partial charge in [-0.2, -0.15) is 0 Å². The first-order valence-corrected chi connectivity index (χ1v) is 4.51. The molecule has 0 saturated heterocycles. The van der Waals surface area contributed by atoms with E-state index in [2.05, 4.69) is 0 Å². The van der Waals surface area contributed by atoms with Crippen LogP contribution in [0.15, 0.2) is 34.3 Å². The molecule has 2 rings (SSSR count). The van der Waals surface area contributed by atoms with Gasteiger partial charge in [0.1, 0.15) is 10.6 Å². The van der Waals surface area contributed by atoms with Crippen LogP contribution in [0.5, 0.6) is 0 Å². The van der Waals surface area contributed by atoms with E-state index in [1.165, 1.54) is 11.3 Å². The Morgan fingerprint density at radius 1 is 1.54 bits per heavy atom. The zero-order valence-electron chi connectivity index (χ0n) is 6.56. The van der Waals surface area contributed by atoms with E-state index >= 15 is 0 Å². The summed E-state index contributed by atoms with van der Waals surface area (Å²) in [4.78, 5) is 10.9. The molecule has 0 radical (unpaired) electrons. The molecule has 0 amide bonds. The largest absolute Gasteiger partial charge is 0.477 e. The van der Waals surface area contributed by atoms with Gasteiger partial charge < -0.3 is 9.52 Å². The highest BCUT2D eigenvalue weighted by Crippen LogP contribution is 2.25. The molecule has 0 fully saturated rings. The van der Waals surface area contributed by atoms with Crippen molar-refractivity contribution in [2.45, 2.75) is 0 Å². The fourth-order valence-electron chi connectivity index (χ4n) is 1.02. The van der Waals surface area contributed by atoms with Crippen molar-refractivity contribution in [1.82, 2.24) is 0 Å². The lowest BCUT2D eigenvalue weighted by molar-refractivity contribution is 0.0702. The monoisotopic (exact) mass is 194 g/mol. The zero-order valence-corrected chi connectivity index (χ0v) is 7.38.